The topological polar surface area (TPSA) is 58.6 Å². The van der Waals surface area contributed by atoms with Crippen molar-refractivity contribution in [2.45, 2.75) is 65.6 Å². The second-order valence-electron chi connectivity index (χ2n) is 8.83. The molecule has 0 aliphatic heterocycles. The van der Waals surface area contributed by atoms with Crippen molar-refractivity contribution in [3.8, 4) is 5.75 Å². The fraction of sp³-hybridized carbons (Fsp3) is 0.440. The second kappa shape index (κ2) is 11.2. The number of carbonyl (C=O) groups is 2. The molecule has 168 valence electrons. The first-order valence-electron chi connectivity index (χ1n) is 10.6. The van der Waals surface area contributed by atoms with E-state index in [2.05, 4.69) is 5.32 Å². The van der Waals surface area contributed by atoms with Gasteiger partial charge in [0.05, 0.1) is 6.61 Å². The lowest BCUT2D eigenvalue weighted by Crippen LogP contribution is -2.52. The van der Waals surface area contributed by atoms with E-state index in [1.165, 1.54) is 0 Å². The normalized spacial score (nSPS) is 12.2. The van der Waals surface area contributed by atoms with E-state index in [0.717, 1.165) is 11.1 Å². The number of hydrogen-bond acceptors (Lipinski definition) is 3. The zero-order valence-electron chi connectivity index (χ0n) is 19.1. The number of hydrogen-bond donors (Lipinski definition) is 1. The largest absolute Gasteiger partial charge is 0.494 e. The number of amides is 2. The van der Waals surface area contributed by atoms with E-state index in [9.17, 15) is 9.59 Å². The third-order valence-corrected chi connectivity index (χ3v) is 4.97. The van der Waals surface area contributed by atoms with Gasteiger partial charge in [0, 0.05) is 23.5 Å². The van der Waals surface area contributed by atoms with Gasteiger partial charge in [0.1, 0.15) is 11.8 Å². The molecule has 5 nitrogen and oxygen atoms in total. The fourth-order valence-corrected chi connectivity index (χ4v) is 3.28. The Labute approximate surface area is 190 Å². The average Bonchev–Trinajstić information content (AvgIpc) is 2.69. The molecule has 2 amide bonds. The Bertz CT molecular complexity index is 875. The molecule has 2 rings (SSSR count). The molecule has 0 aliphatic rings. The summed E-state index contributed by atoms with van der Waals surface area (Å²) in [7, 11) is 0. The summed E-state index contributed by atoms with van der Waals surface area (Å²) in [4.78, 5) is 27.5. The van der Waals surface area contributed by atoms with Crippen molar-refractivity contribution in [3.63, 3.8) is 0 Å². The first-order chi connectivity index (χ1) is 14.5. The third-order valence-electron chi connectivity index (χ3n) is 4.72. The molecule has 0 radical (unpaired) electrons. The standard InChI is InChI=1S/C25H33ClN2O3/c1-18-8-6-9-20(16-18)17-28(19(2)24(30)27-25(3,4)5)23(29)10-7-15-31-22-13-11-21(26)12-14-22/h6,8-9,11-14,16,19H,7,10,15,17H2,1-5H3,(H,27,30). The molecular formula is C25H33ClN2O3. The van der Waals surface area contributed by atoms with Crippen LogP contribution in [0, 0.1) is 6.92 Å². The Morgan fingerprint density at radius 2 is 1.81 bits per heavy atom. The number of aryl methyl sites for hydroxylation is 1. The maximum absolute atomic E-state index is 13.1. The van der Waals surface area contributed by atoms with Crippen molar-refractivity contribution in [3.05, 3.63) is 64.7 Å². The Kier molecular flexibility index (Phi) is 8.93. The van der Waals surface area contributed by atoms with Crippen LogP contribution in [0.15, 0.2) is 48.5 Å². The van der Waals surface area contributed by atoms with Gasteiger partial charge in [-0.3, -0.25) is 9.59 Å². The highest BCUT2D eigenvalue weighted by molar-refractivity contribution is 6.30. The fourth-order valence-electron chi connectivity index (χ4n) is 3.15. The minimum atomic E-state index is -0.579. The van der Waals surface area contributed by atoms with Crippen LogP contribution in [0.3, 0.4) is 0 Å². The molecule has 0 bridgehead atoms. The van der Waals surface area contributed by atoms with E-state index in [0.29, 0.717) is 36.8 Å². The van der Waals surface area contributed by atoms with Crippen molar-refractivity contribution in [1.82, 2.24) is 10.2 Å². The van der Waals surface area contributed by atoms with Gasteiger partial charge in [0.25, 0.3) is 0 Å². The van der Waals surface area contributed by atoms with Crippen LogP contribution in [0.1, 0.15) is 51.7 Å². The number of halogens is 1. The summed E-state index contributed by atoms with van der Waals surface area (Å²) in [5, 5.41) is 3.63. The molecule has 0 aromatic heterocycles. The van der Waals surface area contributed by atoms with Gasteiger partial charge in [-0.05, 0) is 70.9 Å². The minimum Gasteiger partial charge on any atom is -0.494 e. The smallest absolute Gasteiger partial charge is 0.242 e. The van der Waals surface area contributed by atoms with Crippen molar-refractivity contribution in [2.75, 3.05) is 6.61 Å². The van der Waals surface area contributed by atoms with Gasteiger partial charge >= 0.3 is 0 Å². The molecule has 1 atom stereocenters. The Hall–Kier alpha value is -2.53. The lowest BCUT2D eigenvalue weighted by Gasteiger charge is -2.31. The number of ether oxygens (including phenoxy) is 1. The highest BCUT2D eigenvalue weighted by atomic mass is 35.5. The summed E-state index contributed by atoms with van der Waals surface area (Å²) in [6.45, 7) is 10.4. The molecule has 0 heterocycles. The van der Waals surface area contributed by atoms with E-state index < -0.39 is 6.04 Å². The monoisotopic (exact) mass is 444 g/mol. The average molecular weight is 445 g/mol. The minimum absolute atomic E-state index is 0.0715. The van der Waals surface area contributed by atoms with Gasteiger partial charge in [0.2, 0.25) is 11.8 Å². The highest BCUT2D eigenvalue weighted by Crippen LogP contribution is 2.17. The molecule has 0 aliphatic carbocycles. The van der Waals surface area contributed by atoms with Crippen LogP contribution in [0.25, 0.3) is 0 Å². The van der Waals surface area contributed by atoms with E-state index >= 15 is 0 Å². The number of nitrogens with zero attached hydrogens (tertiary/aromatic N) is 1. The Morgan fingerprint density at radius 1 is 1.13 bits per heavy atom. The van der Waals surface area contributed by atoms with E-state index in [-0.39, 0.29) is 17.4 Å². The summed E-state index contributed by atoms with van der Waals surface area (Å²) < 4.78 is 5.69. The van der Waals surface area contributed by atoms with Crippen LogP contribution in [-0.4, -0.2) is 34.9 Å². The summed E-state index contributed by atoms with van der Waals surface area (Å²) >= 11 is 5.88. The van der Waals surface area contributed by atoms with E-state index in [4.69, 9.17) is 16.3 Å². The van der Waals surface area contributed by atoms with Gasteiger partial charge in [-0.15, -0.1) is 0 Å². The zero-order valence-corrected chi connectivity index (χ0v) is 19.8. The van der Waals surface area contributed by atoms with Crippen molar-refractivity contribution in [1.29, 1.82) is 0 Å². The van der Waals surface area contributed by atoms with Gasteiger partial charge in [-0.1, -0.05) is 41.4 Å². The first-order valence-corrected chi connectivity index (χ1v) is 11.0. The highest BCUT2D eigenvalue weighted by Gasteiger charge is 2.28. The van der Waals surface area contributed by atoms with E-state index in [1.54, 1.807) is 36.1 Å². The lowest BCUT2D eigenvalue weighted by molar-refractivity contribution is -0.141. The second-order valence-corrected chi connectivity index (χ2v) is 9.27. The predicted molar refractivity (Wildman–Crippen MR) is 125 cm³/mol. The molecular weight excluding hydrogens is 412 g/mol. The first kappa shape index (κ1) is 24.7. The maximum Gasteiger partial charge on any atom is 0.242 e. The molecule has 2 aromatic carbocycles. The van der Waals surface area contributed by atoms with E-state index in [1.807, 2.05) is 52.0 Å². The summed E-state index contributed by atoms with van der Waals surface area (Å²) in [5.74, 6) is 0.482. The quantitative estimate of drug-likeness (QED) is 0.545. The molecule has 1 unspecified atom stereocenters. The maximum atomic E-state index is 13.1. The van der Waals surface area contributed by atoms with Gasteiger partial charge in [0.15, 0.2) is 0 Å². The van der Waals surface area contributed by atoms with Gasteiger partial charge < -0.3 is 15.0 Å². The van der Waals surface area contributed by atoms with Crippen LogP contribution in [0.4, 0.5) is 0 Å². The van der Waals surface area contributed by atoms with Crippen LogP contribution in [0.5, 0.6) is 5.75 Å². The summed E-state index contributed by atoms with van der Waals surface area (Å²) in [6.07, 6.45) is 0.853. The van der Waals surface area contributed by atoms with Crippen LogP contribution in [0.2, 0.25) is 5.02 Å². The molecule has 1 N–H and O–H groups in total. The zero-order chi connectivity index (χ0) is 23.0. The Morgan fingerprint density at radius 3 is 2.42 bits per heavy atom. The predicted octanol–water partition coefficient (Wildman–Crippen LogP) is 5.14. The molecule has 0 saturated carbocycles. The van der Waals surface area contributed by atoms with Crippen LogP contribution in [-0.2, 0) is 16.1 Å². The molecule has 31 heavy (non-hydrogen) atoms. The lowest BCUT2D eigenvalue weighted by atomic mass is 10.1. The third kappa shape index (κ3) is 8.62. The Balaban J connectivity index is 2.02. The number of benzene rings is 2. The van der Waals surface area contributed by atoms with Gasteiger partial charge in [-0.25, -0.2) is 0 Å². The number of nitrogens with one attached hydrogen (secondary N) is 1. The number of rotatable bonds is 9. The van der Waals surface area contributed by atoms with Crippen molar-refractivity contribution < 1.29 is 14.3 Å². The SMILES string of the molecule is Cc1cccc(CN(C(=O)CCCOc2ccc(Cl)cc2)C(C)C(=O)NC(C)(C)C)c1. The molecule has 0 spiro atoms. The number of carbonyl (C=O) groups excluding carboxylic acids is 2. The van der Waals surface area contributed by atoms with Gasteiger partial charge in [-0.2, -0.15) is 0 Å². The van der Waals surface area contributed by atoms with Crippen LogP contribution >= 0.6 is 11.6 Å². The summed E-state index contributed by atoms with van der Waals surface area (Å²) in [5.41, 5.74) is 1.75. The molecule has 2 aromatic rings. The molecule has 0 saturated heterocycles. The molecule has 6 heteroatoms. The molecule has 0 fully saturated rings. The van der Waals surface area contributed by atoms with Crippen LogP contribution < -0.4 is 10.1 Å². The van der Waals surface area contributed by atoms with Crippen molar-refractivity contribution in [2.24, 2.45) is 0 Å². The summed E-state index contributed by atoms with van der Waals surface area (Å²) in [6, 6.07) is 14.5. The van der Waals surface area contributed by atoms with Crippen molar-refractivity contribution >= 4 is 23.4 Å².